The number of carbonyl (C=O) groups is 1. The average Bonchev–Trinajstić information content (AvgIpc) is 2.93. The largest absolute Gasteiger partial charge is 0.375 e. The van der Waals surface area contributed by atoms with E-state index in [1.54, 1.807) is 6.20 Å². The first kappa shape index (κ1) is 14.9. The first-order valence-electron chi connectivity index (χ1n) is 7.09. The van der Waals surface area contributed by atoms with Crippen LogP contribution in [0.5, 0.6) is 0 Å². The molecule has 1 aliphatic heterocycles. The SMILES string of the molecule is Nc1ncc(CN2CCN(C(=O)c3ccc(F)cc3)CC2)s1. The fourth-order valence-corrected chi connectivity index (χ4v) is 3.23. The Morgan fingerprint density at radius 1 is 1.23 bits per heavy atom. The highest BCUT2D eigenvalue weighted by molar-refractivity contribution is 7.15. The minimum atomic E-state index is -0.329. The van der Waals surface area contributed by atoms with Crippen molar-refractivity contribution in [3.8, 4) is 0 Å². The second-order valence-corrected chi connectivity index (χ2v) is 6.39. The van der Waals surface area contributed by atoms with Gasteiger partial charge in [-0.25, -0.2) is 9.37 Å². The first-order chi connectivity index (χ1) is 10.6. The third-order valence-electron chi connectivity index (χ3n) is 3.70. The average molecular weight is 320 g/mol. The Labute approximate surface area is 132 Å². The quantitative estimate of drug-likeness (QED) is 0.937. The highest BCUT2D eigenvalue weighted by Crippen LogP contribution is 2.18. The topological polar surface area (TPSA) is 62.5 Å². The molecule has 0 atom stereocenters. The molecule has 0 bridgehead atoms. The van der Waals surface area contributed by atoms with Crippen molar-refractivity contribution in [1.82, 2.24) is 14.8 Å². The second kappa shape index (κ2) is 6.41. The maximum atomic E-state index is 12.9. The van der Waals surface area contributed by atoms with E-state index in [1.807, 2.05) is 4.90 Å². The Kier molecular flexibility index (Phi) is 4.35. The number of nitrogens with two attached hydrogens (primary N) is 1. The van der Waals surface area contributed by atoms with Crippen LogP contribution in [-0.4, -0.2) is 46.9 Å². The summed E-state index contributed by atoms with van der Waals surface area (Å²) in [6, 6.07) is 5.70. The minimum Gasteiger partial charge on any atom is -0.375 e. The predicted molar refractivity (Wildman–Crippen MR) is 84.1 cm³/mol. The summed E-state index contributed by atoms with van der Waals surface area (Å²) in [4.78, 5) is 21.6. The van der Waals surface area contributed by atoms with E-state index in [4.69, 9.17) is 5.73 Å². The summed E-state index contributed by atoms with van der Waals surface area (Å²) in [5, 5.41) is 0.583. The number of hydrogen-bond acceptors (Lipinski definition) is 5. The maximum Gasteiger partial charge on any atom is 0.253 e. The van der Waals surface area contributed by atoms with Crippen LogP contribution in [0.4, 0.5) is 9.52 Å². The fraction of sp³-hybridized carbons (Fsp3) is 0.333. The number of benzene rings is 1. The summed E-state index contributed by atoms with van der Waals surface area (Å²) >= 11 is 1.50. The molecule has 1 fully saturated rings. The summed E-state index contributed by atoms with van der Waals surface area (Å²) < 4.78 is 12.9. The molecule has 0 saturated carbocycles. The zero-order valence-electron chi connectivity index (χ0n) is 12.0. The predicted octanol–water partition coefficient (Wildman–Crippen LogP) is 1.82. The standard InChI is InChI=1S/C15H17FN4OS/c16-12-3-1-11(2-4-12)14(21)20-7-5-19(6-8-20)10-13-9-18-15(17)22-13/h1-4,9H,5-8,10H2,(H2,17,18). The lowest BCUT2D eigenvalue weighted by molar-refractivity contribution is 0.0629. The van der Waals surface area contributed by atoms with E-state index >= 15 is 0 Å². The van der Waals surface area contributed by atoms with Gasteiger partial charge in [0.05, 0.1) is 0 Å². The molecule has 1 aromatic heterocycles. The van der Waals surface area contributed by atoms with Crippen LogP contribution in [0.3, 0.4) is 0 Å². The van der Waals surface area contributed by atoms with Crippen molar-refractivity contribution in [3.05, 3.63) is 46.7 Å². The summed E-state index contributed by atoms with van der Waals surface area (Å²) in [7, 11) is 0. The number of aromatic nitrogens is 1. The van der Waals surface area contributed by atoms with E-state index in [-0.39, 0.29) is 11.7 Å². The van der Waals surface area contributed by atoms with Crippen molar-refractivity contribution in [3.63, 3.8) is 0 Å². The van der Waals surface area contributed by atoms with Crippen molar-refractivity contribution < 1.29 is 9.18 Å². The summed E-state index contributed by atoms with van der Waals surface area (Å²) in [6.45, 7) is 3.78. The molecule has 116 valence electrons. The van der Waals surface area contributed by atoms with Crippen molar-refractivity contribution in [2.45, 2.75) is 6.54 Å². The van der Waals surface area contributed by atoms with Crippen LogP contribution in [0.1, 0.15) is 15.2 Å². The van der Waals surface area contributed by atoms with Gasteiger partial charge in [0.15, 0.2) is 5.13 Å². The van der Waals surface area contributed by atoms with E-state index in [0.717, 1.165) is 24.5 Å². The second-order valence-electron chi connectivity index (χ2n) is 5.24. The van der Waals surface area contributed by atoms with Gasteiger partial charge in [-0.05, 0) is 24.3 Å². The van der Waals surface area contributed by atoms with E-state index in [0.29, 0.717) is 23.8 Å². The number of anilines is 1. The molecule has 1 aromatic carbocycles. The molecule has 0 aliphatic carbocycles. The molecule has 7 heteroatoms. The van der Waals surface area contributed by atoms with Crippen LogP contribution in [0, 0.1) is 5.82 Å². The molecule has 2 aromatic rings. The number of halogens is 1. The Bertz CT molecular complexity index is 650. The van der Waals surface area contributed by atoms with Crippen molar-refractivity contribution in [2.24, 2.45) is 0 Å². The highest BCUT2D eigenvalue weighted by Gasteiger charge is 2.22. The van der Waals surface area contributed by atoms with Gasteiger partial charge >= 0.3 is 0 Å². The number of nitrogens with zero attached hydrogens (tertiary/aromatic N) is 3. The lowest BCUT2D eigenvalue weighted by Gasteiger charge is -2.34. The van der Waals surface area contributed by atoms with Crippen LogP contribution >= 0.6 is 11.3 Å². The lowest BCUT2D eigenvalue weighted by atomic mass is 10.2. The van der Waals surface area contributed by atoms with Crippen LogP contribution in [-0.2, 0) is 6.54 Å². The van der Waals surface area contributed by atoms with Gasteiger partial charge in [-0.15, -0.1) is 11.3 Å². The van der Waals surface area contributed by atoms with E-state index in [9.17, 15) is 9.18 Å². The summed E-state index contributed by atoms with van der Waals surface area (Å²) in [6.07, 6.45) is 1.80. The number of rotatable bonds is 3. The minimum absolute atomic E-state index is 0.0401. The van der Waals surface area contributed by atoms with Crippen LogP contribution < -0.4 is 5.73 Å². The lowest BCUT2D eigenvalue weighted by Crippen LogP contribution is -2.48. The van der Waals surface area contributed by atoms with Gasteiger partial charge in [-0.3, -0.25) is 9.69 Å². The van der Waals surface area contributed by atoms with Gasteiger partial charge in [0.25, 0.3) is 5.91 Å². The Morgan fingerprint density at radius 3 is 2.50 bits per heavy atom. The molecule has 3 rings (SSSR count). The van der Waals surface area contributed by atoms with Gasteiger partial charge < -0.3 is 10.6 Å². The van der Waals surface area contributed by atoms with Gasteiger partial charge in [-0.1, -0.05) is 0 Å². The fourth-order valence-electron chi connectivity index (χ4n) is 2.50. The maximum absolute atomic E-state index is 12.9. The third kappa shape index (κ3) is 3.42. The molecular weight excluding hydrogens is 303 g/mol. The zero-order valence-corrected chi connectivity index (χ0v) is 12.9. The van der Waals surface area contributed by atoms with Crippen molar-refractivity contribution in [1.29, 1.82) is 0 Å². The molecule has 0 spiro atoms. The molecule has 1 saturated heterocycles. The number of carbonyl (C=O) groups excluding carboxylic acids is 1. The molecular formula is C15H17FN4OS. The normalized spacial score (nSPS) is 16.0. The zero-order chi connectivity index (χ0) is 15.5. The number of thiazole rings is 1. The molecule has 2 heterocycles. The molecule has 0 unspecified atom stereocenters. The first-order valence-corrected chi connectivity index (χ1v) is 7.91. The molecule has 5 nitrogen and oxygen atoms in total. The summed E-state index contributed by atoms with van der Waals surface area (Å²) in [5.74, 6) is -0.369. The van der Waals surface area contributed by atoms with E-state index in [2.05, 4.69) is 9.88 Å². The number of nitrogen functional groups attached to an aromatic ring is 1. The Morgan fingerprint density at radius 2 is 1.91 bits per heavy atom. The number of hydrogen-bond donors (Lipinski definition) is 1. The smallest absolute Gasteiger partial charge is 0.253 e. The van der Waals surface area contributed by atoms with Crippen LogP contribution in [0.15, 0.2) is 30.5 Å². The molecule has 1 amide bonds. The van der Waals surface area contributed by atoms with Gasteiger partial charge in [0.2, 0.25) is 0 Å². The summed E-state index contributed by atoms with van der Waals surface area (Å²) in [5.41, 5.74) is 6.16. The third-order valence-corrected chi connectivity index (χ3v) is 4.51. The van der Waals surface area contributed by atoms with Gasteiger partial charge in [-0.2, -0.15) is 0 Å². The van der Waals surface area contributed by atoms with Crippen molar-refractivity contribution in [2.75, 3.05) is 31.9 Å². The number of amides is 1. The molecule has 22 heavy (non-hydrogen) atoms. The highest BCUT2D eigenvalue weighted by atomic mass is 32.1. The molecule has 0 radical (unpaired) electrons. The van der Waals surface area contributed by atoms with Gasteiger partial charge in [0.1, 0.15) is 5.82 Å². The van der Waals surface area contributed by atoms with Crippen LogP contribution in [0.2, 0.25) is 0 Å². The van der Waals surface area contributed by atoms with Crippen LogP contribution in [0.25, 0.3) is 0 Å². The monoisotopic (exact) mass is 320 g/mol. The van der Waals surface area contributed by atoms with Gasteiger partial charge in [0, 0.05) is 49.4 Å². The molecule has 2 N–H and O–H groups in total. The van der Waals surface area contributed by atoms with Crippen molar-refractivity contribution >= 4 is 22.4 Å². The van der Waals surface area contributed by atoms with E-state index in [1.165, 1.54) is 35.6 Å². The van der Waals surface area contributed by atoms with E-state index < -0.39 is 0 Å². The number of piperazine rings is 1. The molecule has 1 aliphatic rings. The Hall–Kier alpha value is -1.99. The Balaban J connectivity index is 1.55.